The number of hydrogen-bond acceptors (Lipinski definition) is 3. The zero-order valence-corrected chi connectivity index (χ0v) is 10.5. The number of amides is 2. The molecule has 0 bridgehead atoms. The molecule has 7 heteroatoms. The number of hydrogen-bond donors (Lipinski definition) is 3. The Morgan fingerprint density at radius 2 is 2.17 bits per heavy atom. The van der Waals surface area contributed by atoms with Crippen molar-refractivity contribution < 1.29 is 19.1 Å². The van der Waals surface area contributed by atoms with Crippen molar-refractivity contribution in [3.8, 4) is 0 Å². The summed E-state index contributed by atoms with van der Waals surface area (Å²) < 4.78 is 12.9. The maximum atomic E-state index is 12.9. The zero-order chi connectivity index (χ0) is 13.5. The van der Waals surface area contributed by atoms with E-state index in [-0.39, 0.29) is 11.3 Å². The number of carbonyl (C=O) groups is 2. The molecule has 1 aromatic rings. The number of aromatic carboxylic acids is 1. The Kier molecular flexibility index (Phi) is 5.44. The van der Waals surface area contributed by atoms with Gasteiger partial charge in [0.05, 0.1) is 11.3 Å². The largest absolute Gasteiger partial charge is 0.478 e. The van der Waals surface area contributed by atoms with E-state index >= 15 is 0 Å². The van der Waals surface area contributed by atoms with Gasteiger partial charge < -0.3 is 15.7 Å². The van der Waals surface area contributed by atoms with Gasteiger partial charge in [-0.25, -0.2) is 14.0 Å². The molecule has 1 rings (SSSR count). The van der Waals surface area contributed by atoms with Gasteiger partial charge >= 0.3 is 12.0 Å². The van der Waals surface area contributed by atoms with E-state index < -0.39 is 17.8 Å². The SMILES string of the molecule is CSCCNC(=O)Nc1ccc(F)cc1C(=O)O. The van der Waals surface area contributed by atoms with Gasteiger partial charge in [0.25, 0.3) is 0 Å². The molecule has 0 aliphatic rings. The van der Waals surface area contributed by atoms with E-state index in [1.165, 1.54) is 6.07 Å². The normalized spacial score (nSPS) is 9.89. The second-order valence-corrected chi connectivity index (χ2v) is 4.35. The van der Waals surface area contributed by atoms with Gasteiger partial charge in [-0.3, -0.25) is 0 Å². The quantitative estimate of drug-likeness (QED) is 0.716. The summed E-state index contributed by atoms with van der Waals surface area (Å²) in [6.45, 7) is 0.469. The van der Waals surface area contributed by atoms with Crippen LogP contribution in [0.3, 0.4) is 0 Å². The van der Waals surface area contributed by atoms with Crippen LogP contribution in [0.4, 0.5) is 14.9 Å². The molecule has 0 fully saturated rings. The van der Waals surface area contributed by atoms with E-state index in [0.29, 0.717) is 6.54 Å². The summed E-state index contributed by atoms with van der Waals surface area (Å²) >= 11 is 1.57. The van der Waals surface area contributed by atoms with Gasteiger partial charge in [0.1, 0.15) is 5.82 Å². The van der Waals surface area contributed by atoms with Crippen LogP contribution in [0.25, 0.3) is 0 Å². The van der Waals surface area contributed by atoms with Crippen molar-refractivity contribution in [2.24, 2.45) is 0 Å². The lowest BCUT2D eigenvalue weighted by Gasteiger charge is -2.09. The molecule has 0 aliphatic carbocycles. The number of carboxylic acid groups (broad SMARTS) is 1. The number of carbonyl (C=O) groups excluding carboxylic acids is 1. The molecule has 18 heavy (non-hydrogen) atoms. The number of halogens is 1. The third-order valence-electron chi connectivity index (χ3n) is 2.05. The van der Waals surface area contributed by atoms with Gasteiger partial charge in [0.2, 0.25) is 0 Å². The van der Waals surface area contributed by atoms with Crippen LogP contribution in [-0.4, -0.2) is 35.7 Å². The summed E-state index contributed by atoms with van der Waals surface area (Å²) in [5, 5.41) is 13.8. The lowest BCUT2D eigenvalue weighted by Crippen LogP contribution is -2.31. The number of carboxylic acids is 1. The van der Waals surface area contributed by atoms with Crippen LogP contribution in [-0.2, 0) is 0 Å². The molecule has 5 nitrogen and oxygen atoms in total. The van der Waals surface area contributed by atoms with E-state index in [2.05, 4.69) is 10.6 Å². The van der Waals surface area contributed by atoms with Crippen LogP contribution >= 0.6 is 11.8 Å². The molecule has 2 amide bonds. The lowest BCUT2D eigenvalue weighted by atomic mass is 10.2. The topological polar surface area (TPSA) is 78.4 Å². The summed E-state index contributed by atoms with van der Waals surface area (Å²) in [6, 6.07) is 2.65. The van der Waals surface area contributed by atoms with E-state index in [0.717, 1.165) is 17.9 Å². The smallest absolute Gasteiger partial charge is 0.337 e. The molecule has 0 aromatic heterocycles. The Labute approximate surface area is 108 Å². The fourth-order valence-electron chi connectivity index (χ4n) is 1.24. The van der Waals surface area contributed by atoms with Crippen LogP contribution in [0.2, 0.25) is 0 Å². The highest BCUT2D eigenvalue weighted by Gasteiger charge is 2.13. The predicted molar refractivity (Wildman–Crippen MR) is 68.8 cm³/mol. The maximum Gasteiger partial charge on any atom is 0.337 e. The first-order valence-corrected chi connectivity index (χ1v) is 6.50. The molecule has 0 heterocycles. The Balaban J connectivity index is 2.72. The van der Waals surface area contributed by atoms with Crippen LogP contribution < -0.4 is 10.6 Å². The highest BCUT2D eigenvalue weighted by atomic mass is 32.2. The number of nitrogens with one attached hydrogen (secondary N) is 2. The fourth-order valence-corrected chi connectivity index (χ4v) is 1.54. The maximum absolute atomic E-state index is 12.9. The van der Waals surface area contributed by atoms with Crippen molar-refractivity contribution in [3.63, 3.8) is 0 Å². The fraction of sp³-hybridized carbons (Fsp3) is 0.273. The predicted octanol–water partition coefficient (Wildman–Crippen LogP) is 2.01. The molecule has 0 aliphatic heterocycles. The van der Waals surface area contributed by atoms with Gasteiger partial charge in [0, 0.05) is 12.3 Å². The lowest BCUT2D eigenvalue weighted by molar-refractivity contribution is 0.0697. The van der Waals surface area contributed by atoms with E-state index in [4.69, 9.17) is 5.11 Å². The summed E-state index contributed by atoms with van der Waals surface area (Å²) in [5.41, 5.74) is -0.222. The van der Waals surface area contributed by atoms with E-state index in [9.17, 15) is 14.0 Å². The molecule has 0 saturated heterocycles. The first-order valence-electron chi connectivity index (χ1n) is 5.11. The summed E-state index contributed by atoms with van der Waals surface area (Å²) in [4.78, 5) is 22.3. The summed E-state index contributed by atoms with van der Waals surface area (Å²) in [7, 11) is 0. The van der Waals surface area contributed by atoms with Crippen molar-refractivity contribution in [3.05, 3.63) is 29.6 Å². The minimum atomic E-state index is -1.30. The number of thioether (sulfide) groups is 1. The van der Waals surface area contributed by atoms with Crippen molar-refractivity contribution in [2.45, 2.75) is 0 Å². The van der Waals surface area contributed by atoms with Crippen LogP contribution in [0.15, 0.2) is 18.2 Å². The Morgan fingerprint density at radius 1 is 1.44 bits per heavy atom. The average molecular weight is 272 g/mol. The summed E-state index contributed by atoms with van der Waals surface area (Å²) in [5.74, 6) is -1.21. The third kappa shape index (κ3) is 4.25. The molecule has 1 aromatic carbocycles. The van der Waals surface area contributed by atoms with Crippen LogP contribution in [0, 0.1) is 5.82 Å². The van der Waals surface area contributed by atoms with Gasteiger partial charge in [-0.15, -0.1) is 0 Å². The molecule has 98 valence electrons. The van der Waals surface area contributed by atoms with Gasteiger partial charge in [-0.2, -0.15) is 11.8 Å². The number of rotatable bonds is 5. The Morgan fingerprint density at radius 3 is 2.78 bits per heavy atom. The second kappa shape index (κ2) is 6.85. The van der Waals surface area contributed by atoms with Gasteiger partial charge in [-0.05, 0) is 24.5 Å². The molecule has 0 saturated carbocycles. The minimum absolute atomic E-state index is 0.0607. The highest BCUT2D eigenvalue weighted by Crippen LogP contribution is 2.16. The number of anilines is 1. The Hall–Kier alpha value is -1.76. The number of benzene rings is 1. The van der Waals surface area contributed by atoms with Crippen molar-refractivity contribution in [1.29, 1.82) is 0 Å². The first-order chi connectivity index (χ1) is 8.54. The molecular formula is C11H13FN2O3S. The Bertz CT molecular complexity index is 454. The molecule has 0 spiro atoms. The standard InChI is InChI=1S/C11H13FN2O3S/c1-18-5-4-13-11(17)14-9-3-2-7(12)6-8(9)10(15)16/h2-3,6H,4-5H2,1H3,(H,15,16)(H2,13,14,17). The molecular weight excluding hydrogens is 259 g/mol. The monoisotopic (exact) mass is 272 g/mol. The summed E-state index contributed by atoms with van der Waals surface area (Å²) in [6.07, 6.45) is 1.90. The minimum Gasteiger partial charge on any atom is -0.478 e. The molecule has 0 atom stereocenters. The highest BCUT2D eigenvalue weighted by molar-refractivity contribution is 7.98. The van der Waals surface area contributed by atoms with Gasteiger partial charge in [0.15, 0.2) is 0 Å². The molecule has 0 radical (unpaired) electrons. The van der Waals surface area contributed by atoms with E-state index in [1.807, 2.05) is 6.26 Å². The van der Waals surface area contributed by atoms with Crippen molar-refractivity contribution >= 4 is 29.4 Å². The van der Waals surface area contributed by atoms with Crippen LogP contribution in [0.5, 0.6) is 0 Å². The zero-order valence-electron chi connectivity index (χ0n) is 9.70. The van der Waals surface area contributed by atoms with E-state index in [1.54, 1.807) is 11.8 Å². The second-order valence-electron chi connectivity index (χ2n) is 3.37. The average Bonchev–Trinajstić information content (AvgIpc) is 2.31. The molecule has 3 N–H and O–H groups in total. The van der Waals surface area contributed by atoms with Crippen molar-refractivity contribution in [1.82, 2.24) is 5.32 Å². The van der Waals surface area contributed by atoms with Crippen molar-refractivity contribution in [2.75, 3.05) is 23.9 Å². The van der Waals surface area contributed by atoms with Gasteiger partial charge in [-0.1, -0.05) is 0 Å². The molecule has 0 unspecified atom stereocenters. The first kappa shape index (κ1) is 14.3. The third-order valence-corrected chi connectivity index (χ3v) is 2.66. The number of urea groups is 1. The van der Waals surface area contributed by atoms with Crippen LogP contribution in [0.1, 0.15) is 10.4 Å².